The average molecular weight is 349 g/mol. The molecule has 1 unspecified atom stereocenters. The number of rotatable bonds is 6. The van der Waals surface area contributed by atoms with E-state index < -0.39 is 5.92 Å². The van der Waals surface area contributed by atoms with Gasteiger partial charge in [-0.2, -0.15) is 0 Å². The molecular weight excluding hydrogens is 332 g/mol. The van der Waals surface area contributed by atoms with E-state index in [9.17, 15) is 9.59 Å². The summed E-state index contributed by atoms with van der Waals surface area (Å²) in [6.45, 7) is 0. The minimum absolute atomic E-state index is 0.0471. The van der Waals surface area contributed by atoms with Gasteiger partial charge in [-0.3, -0.25) is 9.59 Å². The van der Waals surface area contributed by atoms with Gasteiger partial charge in [-0.05, 0) is 29.8 Å². The lowest BCUT2D eigenvalue weighted by molar-refractivity contribution is 0.0893. The molecule has 2 nitrogen and oxygen atoms in total. The van der Waals surface area contributed by atoms with Gasteiger partial charge in [0.05, 0.1) is 5.92 Å². The number of ketones is 2. The normalized spacial score (nSPS) is 11.7. The van der Waals surface area contributed by atoms with E-state index >= 15 is 0 Å². The number of carbonyl (C=O) groups excluding carboxylic acids is 2. The topological polar surface area (TPSA) is 34.1 Å². The molecule has 0 saturated heterocycles. The van der Waals surface area contributed by atoms with Crippen molar-refractivity contribution >= 4 is 23.2 Å². The first-order valence-electron chi connectivity index (χ1n) is 8.08. The minimum Gasteiger partial charge on any atom is -0.294 e. The predicted octanol–water partition coefficient (Wildman–Crippen LogP) is 5.58. The second-order valence-corrected chi connectivity index (χ2v) is 6.26. The first-order chi connectivity index (χ1) is 12.1. The maximum absolute atomic E-state index is 13.0. The van der Waals surface area contributed by atoms with Crippen molar-refractivity contribution in [2.75, 3.05) is 0 Å². The van der Waals surface area contributed by atoms with Crippen LogP contribution in [-0.2, 0) is 0 Å². The van der Waals surface area contributed by atoms with Crippen molar-refractivity contribution < 1.29 is 9.59 Å². The molecule has 0 aromatic heterocycles. The molecule has 0 aliphatic heterocycles. The van der Waals surface area contributed by atoms with E-state index in [0.717, 1.165) is 5.56 Å². The van der Waals surface area contributed by atoms with Crippen LogP contribution >= 0.6 is 11.6 Å². The van der Waals surface area contributed by atoms with Crippen LogP contribution in [0.2, 0.25) is 5.02 Å². The summed E-state index contributed by atoms with van der Waals surface area (Å²) in [5, 5.41) is 0.580. The highest BCUT2D eigenvalue weighted by molar-refractivity contribution is 6.30. The Kier molecular flexibility index (Phi) is 5.42. The molecule has 0 aliphatic carbocycles. The number of carbonyl (C=O) groups is 2. The first kappa shape index (κ1) is 17.1. The van der Waals surface area contributed by atoms with Gasteiger partial charge in [0.2, 0.25) is 0 Å². The van der Waals surface area contributed by atoms with E-state index in [0.29, 0.717) is 16.1 Å². The highest BCUT2D eigenvalue weighted by atomic mass is 35.5. The Morgan fingerprint density at radius 1 is 0.720 bits per heavy atom. The van der Waals surface area contributed by atoms with E-state index in [4.69, 9.17) is 11.6 Å². The highest BCUT2D eigenvalue weighted by Crippen LogP contribution is 2.26. The summed E-state index contributed by atoms with van der Waals surface area (Å²) in [5.74, 6) is -0.629. The van der Waals surface area contributed by atoms with Crippen molar-refractivity contribution in [1.29, 1.82) is 0 Å². The van der Waals surface area contributed by atoms with Gasteiger partial charge in [0.15, 0.2) is 11.6 Å². The Labute approximate surface area is 152 Å². The van der Waals surface area contributed by atoms with Crippen LogP contribution in [0.5, 0.6) is 0 Å². The van der Waals surface area contributed by atoms with Crippen molar-refractivity contribution in [2.45, 2.75) is 12.3 Å². The summed E-state index contributed by atoms with van der Waals surface area (Å²) < 4.78 is 0. The molecule has 0 amide bonds. The van der Waals surface area contributed by atoms with Crippen LogP contribution in [-0.4, -0.2) is 11.6 Å². The zero-order valence-corrected chi connectivity index (χ0v) is 14.3. The van der Waals surface area contributed by atoms with Gasteiger partial charge in [0.25, 0.3) is 0 Å². The zero-order chi connectivity index (χ0) is 17.6. The molecule has 124 valence electrons. The van der Waals surface area contributed by atoms with Gasteiger partial charge in [-0.25, -0.2) is 0 Å². The van der Waals surface area contributed by atoms with E-state index in [1.807, 2.05) is 48.5 Å². The molecule has 3 rings (SSSR count). The summed E-state index contributed by atoms with van der Waals surface area (Å²) in [6.07, 6.45) is 0.124. The van der Waals surface area contributed by atoms with Crippen molar-refractivity contribution in [3.8, 4) is 0 Å². The lowest BCUT2D eigenvalue weighted by Crippen LogP contribution is -2.17. The molecule has 3 aromatic rings. The van der Waals surface area contributed by atoms with Crippen LogP contribution in [0.4, 0.5) is 0 Å². The predicted molar refractivity (Wildman–Crippen MR) is 100 cm³/mol. The summed E-state index contributed by atoms with van der Waals surface area (Å²) in [5.41, 5.74) is 2.02. The van der Waals surface area contributed by atoms with Gasteiger partial charge in [0, 0.05) is 22.6 Å². The number of hydrogen-bond acceptors (Lipinski definition) is 2. The smallest absolute Gasteiger partial charge is 0.170 e. The second-order valence-electron chi connectivity index (χ2n) is 5.83. The summed E-state index contributed by atoms with van der Waals surface area (Å²) in [4.78, 5) is 25.7. The van der Waals surface area contributed by atoms with Gasteiger partial charge in [0.1, 0.15) is 0 Å². The second kappa shape index (κ2) is 7.91. The maximum atomic E-state index is 13.0. The van der Waals surface area contributed by atoms with Gasteiger partial charge in [-0.1, -0.05) is 72.3 Å². The maximum Gasteiger partial charge on any atom is 0.170 e. The Hall–Kier alpha value is -2.71. The van der Waals surface area contributed by atoms with Crippen LogP contribution in [0.15, 0.2) is 84.9 Å². The van der Waals surface area contributed by atoms with E-state index in [-0.39, 0.29) is 18.0 Å². The monoisotopic (exact) mass is 348 g/mol. The number of Topliss-reactive ketones (excluding diaryl/α,β-unsaturated/α-hetero) is 2. The largest absolute Gasteiger partial charge is 0.294 e. The van der Waals surface area contributed by atoms with Gasteiger partial charge < -0.3 is 0 Å². The van der Waals surface area contributed by atoms with E-state index in [1.54, 1.807) is 36.4 Å². The van der Waals surface area contributed by atoms with Gasteiger partial charge in [-0.15, -0.1) is 0 Å². The first-order valence-corrected chi connectivity index (χ1v) is 8.46. The molecule has 3 aromatic carbocycles. The average Bonchev–Trinajstić information content (AvgIpc) is 2.67. The van der Waals surface area contributed by atoms with Crippen LogP contribution < -0.4 is 0 Å². The van der Waals surface area contributed by atoms with Crippen LogP contribution in [0.1, 0.15) is 38.6 Å². The Morgan fingerprint density at radius 2 is 1.28 bits per heavy atom. The van der Waals surface area contributed by atoms with Crippen molar-refractivity contribution in [1.82, 2.24) is 0 Å². The summed E-state index contributed by atoms with van der Waals surface area (Å²) in [7, 11) is 0. The fraction of sp³-hybridized carbons (Fsp3) is 0.0909. The van der Waals surface area contributed by atoms with Crippen molar-refractivity contribution in [3.63, 3.8) is 0 Å². The number of halogens is 1. The van der Waals surface area contributed by atoms with Crippen LogP contribution in [0, 0.1) is 0 Å². The molecule has 0 saturated carbocycles. The number of hydrogen-bond donors (Lipinski definition) is 0. The molecule has 0 N–H and O–H groups in total. The quantitative estimate of drug-likeness (QED) is 0.545. The Bertz CT molecular complexity index is 856. The molecule has 0 fully saturated rings. The van der Waals surface area contributed by atoms with E-state index in [2.05, 4.69) is 0 Å². The van der Waals surface area contributed by atoms with E-state index in [1.165, 1.54) is 0 Å². The standard InChI is InChI=1S/C22H17ClO2/c23-19-13-11-17(12-14-19)21(24)15-20(16-7-3-1-4-8-16)22(25)18-9-5-2-6-10-18/h1-14,20H,15H2. The number of benzene rings is 3. The molecule has 0 spiro atoms. The van der Waals surface area contributed by atoms with Crippen LogP contribution in [0.25, 0.3) is 0 Å². The lowest BCUT2D eigenvalue weighted by atomic mass is 9.85. The molecule has 0 radical (unpaired) electrons. The van der Waals surface area contributed by atoms with Crippen LogP contribution in [0.3, 0.4) is 0 Å². The molecule has 3 heteroatoms. The molecule has 1 atom stereocenters. The third kappa shape index (κ3) is 4.23. The molecule has 25 heavy (non-hydrogen) atoms. The SMILES string of the molecule is O=C(CC(C(=O)c1ccccc1)c1ccccc1)c1ccc(Cl)cc1. The molecular formula is C22H17ClO2. The highest BCUT2D eigenvalue weighted by Gasteiger charge is 2.25. The third-order valence-corrected chi connectivity index (χ3v) is 4.38. The summed E-state index contributed by atoms with van der Waals surface area (Å²) >= 11 is 5.88. The minimum atomic E-state index is -0.508. The molecule has 0 heterocycles. The fourth-order valence-electron chi connectivity index (χ4n) is 2.79. The zero-order valence-electron chi connectivity index (χ0n) is 13.6. The fourth-order valence-corrected chi connectivity index (χ4v) is 2.92. The lowest BCUT2D eigenvalue weighted by Gasteiger charge is -2.16. The molecule has 0 bridgehead atoms. The summed E-state index contributed by atoms with van der Waals surface area (Å²) in [6, 6.07) is 25.3. The van der Waals surface area contributed by atoms with Crippen molar-refractivity contribution in [3.05, 3.63) is 107 Å². The Morgan fingerprint density at radius 3 is 1.88 bits per heavy atom. The Balaban J connectivity index is 1.90. The third-order valence-electron chi connectivity index (χ3n) is 4.13. The molecule has 0 aliphatic rings. The van der Waals surface area contributed by atoms with Crippen molar-refractivity contribution in [2.24, 2.45) is 0 Å². The van der Waals surface area contributed by atoms with Gasteiger partial charge >= 0.3 is 0 Å².